The van der Waals surface area contributed by atoms with E-state index in [4.69, 9.17) is 0 Å². The van der Waals surface area contributed by atoms with Crippen molar-refractivity contribution in [3.63, 3.8) is 0 Å². The standard InChI is InChI=1S/C12H4F16O4/c13-3(9(21,22)11(25,26)5(29)31-1-7(15,16)17)4(14)10(23,24)12(27,28)6(30)32-2-8(18,19)20/h1-2H2/b4-3+. The summed E-state index contributed by atoms with van der Waals surface area (Å²) in [6.45, 7) is -6.02. The lowest BCUT2D eigenvalue weighted by Crippen LogP contribution is -2.52. The Labute approximate surface area is 163 Å². The lowest BCUT2D eigenvalue weighted by atomic mass is 10.0. The summed E-state index contributed by atoms with van der Waals surface area (Å²) < 4.78 is 208. The average molecular weight is 516 g/mol. The molecule has 0 aliphatic heterocycles. The smallest absolute Gasteiger partial charge is 0.422 e. The quantitative estimate of drug-likeness (QED) is 0.341. The molecule has 0 bridgehead atoms. The van der Waals surface area contributed by atoms with Gasteiger partial charge in [0.05, 0.1) is 0 Å². The van der Waals surface area contributed by atoms with E-state index in [-0.39, 0.29) is 0 Å². The van der Waals surface area contributed by atoms with Crippen molar-refractivity contribution in [2.45, 2.75) is 36.0 Å². The summed E-state index contributed by atoms with van der Waals surface area (Å²) in [6.07, 6.45) is -11.3. The molecular weight excluding hydrogens is 512 g/mol. The Kier molecular flexibility index (Phi) is 8.16. The van der Waals surface area contributed by atoms with Gasteiger partial charge in [-0.2, -0.15) is 61.5 Å². The Morgan fingerprint density at radius 1 is 0.469 bits per heavy atom. The molecule has 0 N–H and O–H groups in total. The molecule has 32 heavy (non-hydrogen) atoms. The van der Waals surface area contributed by atoms with Crippen molar-refractivity contribution in [3.05, 3.63) is 11.7 Å². The number of hydrogen-bond donors (Lipinski definition) is 0. The Morgan fingerprint density at radius 2 is 0.688 bits per heavy atom. The fourth-order valence-corrected chi connectivity index (χ4v) is 1.28. The van der Waals surface area contributed by atoms with E-state index in [1.807, 2.05) is 0 Å². The minimum atomic E-state index is -7.21. The summed E-state index contributed by atoms with van der Waals surface area (Å²) in [4.78, 5) is 21.3. The number of esters is 2. The van der Waals surface area contributed by atoms with Gasteiger partial charge in [-0.3, -0.25) is 0 Å². The van der Waals surface area contributed by atoms with Gasteiger partial charge in [-0.05, 0) is 0 Å². The molecule has 0 aromatic rings. The van der Waals surface area contributed by atoms with E-state index >= 15 is 0 Å². The minimum absolute atomic E-state index is 2.62. The van der Waals surface area contributed by atoms with Crippen molar-refractivity contribution < 1.29 is 89.3 Å². The first-order chi connectivity index (χ1) is 13.8. The Hall–Kier alpha value is -2.44. The molecule has 0 unspecified atom stereocenters. The minimum Gasteiger partial charge on any atom is -0.451 e. The van der Waals surface area contributed by atoms with Crippen LogP contribution in [0.5, 0.6) is 0 Å². The predicted octanol–water partition coefficient (Wildman–Crippen LogP) is 4.89. The fraction of sp³-hybridized carbons (Fsp3) is 0.667. The van der Waals surface area contributed by atoms with Crippen molar-refractivity contribution >= 4 is 11.9 Å². The van der Waals surface area contributed by atoms with E-state index in [0.717, 1.165) is 0 Å². The van der Waals surface area contributed by atoms with E-state index in [0.29, 0.717) is 0 Å². The van der Waals surface area contributed by atoms with Crippen molar-refractivity contribution in [1.82, 2.24) is 0 Å². The van der Waals surface area contributed by atoms with Gasteiger partial charge in [-0.25, -0.2) is 18.4 Å². The normalized spacial score (nSPS) is 15.2. The lowest BCUT2D eigenvalue weighted by molar-refractivity contribution is -0.242. The van der Waals surface area contributed by atoms with Crippen molar-refractivity contribution in [1.29, 1.82) is 0 Å². The van der Waals surface area contributed by atoms with Crippen molar-refractivity contribution in [3.8, 4) is 0 Å². The van der Waals surface area contributed by atoms with Crippen LogP contribution >= 0.6 is 0 Å². The van der Waals surface area contributed by atoms with E-state index in [9.17, 15) is 79.8 Å². The van der Waals surface area contributed by atoms with Gasteiger partial charge in [-0.1, -0.05) is 0 Å². The molecule has 0 rings (SSSR count). The highest BCUT2D eigenvalue weighted by Crippen LogP contribution is 2.49. The second-order valence-corrected chi connectivity index (χ2v) is 5.31. The van der Waals surface area contributed by atoms with Gasteiger partial charge in [0, 0.05) is 0 Å². The van der Waals surface area contributed by atoms with Gasteiger partial charge in [0.25, 0.3) is 0 Å². The molecule has 0 aliphatic carbocycles. The summed E-state index contributed by atoms with van der Waals surface area (Å²) in [6, 6.07) is 0. The number of hydrogen-bond acceptors (Lipinski definition) is 4. The molecule has 20 heteroatoms. The van der Waals surface area contributed by atoms with Gasteiger partial charge in [-0.15, -0.1) is 0 Å². The molecule has 0 spiro atoms. The third-order valence-electron chi connectivity index (χ3n) is 2.78. The molecule has 0 radical (unpaired) electrons. The number of allylic oxidation sites excluding steroid dienone is 2. The molecule has 0 aromatic carbocycles. The van der Waals surface area contributed by atoms with Gasteiger partial charge >= 0.3 is 48.0 Å². The number of carbonyl (C=O) groups is 2. The van der Waals surface area contributed by atoms with Crippen LogP contribution in [-0.2, 0) is 19.1 Å². The molecule has 0 aromatic heterocycles. The van der Waals surface area contributed by atoms with E-state index in [1.54, 1.807) is 0 Å². The average Bonchev–Trinajstić information content (AvgIpc) is 2.60. The molecule has 0 saturated carbocycles. The second-order valence-electron chi connectivity index (χ2n) is 5.31. The number of rotatable bonds is 8. The number of alkyl halides is 14. The molecule has 0 atom stereocenters. The first-order valence-corrected chi connectivity index (χ1v) is 6.87. The van der Waals surface area contributed by atoms with Crippen LogP contribution in [0.2, 0.25) is 0 Å². The second kappa shape index (κ2) is 8.83. The number of carbonyl (C=O) groups excluding carboxylic acids is 2. The molecule has 188 valence electrons. The van der Waals surface area contributed by atoms with Crippen LogP contribution in [0, 0.1) is 0 Å². The topological polar surface area (TPSA) is 52.6 Å². The molecule has 0 heterocycles. The van der Waals surface area contributed by atoms with Crippen molar-refractivity contribution in [2.24, 2.45) is 0 Å². The van der Waals surface area contributed by atoms with Crippen molar-refractivity contribution in [2.75, 3.05) is 13.2 Å². The fourth-order valence-electron chi connectivity index (χ4n) is 1.28. The number of halogens is 16. The predicted molar refractivity (Wildman–Crippen MR) is 63.1 cm³/mol. The Balaban J connectivity index is 6.08. The highest BCUT2D eigenvalue weighted by atomic mass is 19.4. The molecule has 0 amide bonds. The highest BCUT2D eigenvalue weighted by Gasteiger charge is 2.73. The zero-order valence-corrected chi connectivity index (χ0v) is 14.1. The van der Waals surface area contributed by atoms with Crippen LogP contribution < -0.4 is 0 Å². The van der Waals surface area contributed by atoms with Gasteiger partial charge in [0.15, 0.2) is 13.2 Å². The maximum absolute atomic E-state index is 13.3. The maximum Gasteiger partial charge on any atom is 0.422 e. The lowest BCUT2D eigenvalue weighted by Gasteiger charge is -2.27. The SMILES string of the molecule is O=C(OCC(F)(F)F)C(F)(F)C(F)(F)/C(F)=C(\F)C(F)(F)C(F)(F)C(=O)OCC(F)(F)F. The van der Waals surface area contributed by atoms with E-state index < -0.39 is 72.8 Å². The monoisotopic (exact) mass is 516 g/mol. The molecular formula is C12H4F16O4. The molecule has 4 nitrogen and oxygen atoms in total. The molecule has 0 aliphatic rings. The summed E-state index contributed by atoms with van der Waals surface area (Å²) in [5.74, 6) is -46.0. The van der Waals surface area contributed by atoms with E-state index in [1.165, 1.54) is 0 Å². The largest absolute Gasteiger partial charge is 0.451 e. The molecule has 0 fully saturated rings. The van der Waals surface area contributed by atoms with Crippen LogP contribution in [0.1, 0.15) is 0 Å². The summed E-state index contributed by atoms with van der Waals surface area (Å²) in [5, 5.41) is 0. The third kappa shape index (κ3) is 6.30. The van der Waals surface area contributed by atoms with Crippen LogP contribution in [0.15, 0.2) is 11.7 Å². The van der Waals surface area contributed by atoms with Gasteiger partial charge < -0.3 is 9.47 Å². The zero-order chi connectivity index (χ0) is 26.1. The Bertz CT molecular complexity index is 685. The zero-order valence-electron chi connectivity index (χ0n) is 14.1. The Morgan fingerprint density at radius 3 is 0.875 bits per heavy atom. The van der Waals surface area contributed by atoms with Crippen LogP contribution in [0.25, 0.3) is 0 Å². The van der Waals surface area contributed by atoms with Crippen LogP contribution in [0.3, 0.4) is 0 Å². The third-order valence-corrected chi connectivity index (χ3v) is 2.78. The first kappa shape index (κ1) is 29.6. The number of ether oxygens (including phenoxy) is 2. The maximum atomic E-state index is 13.3. The van der Waals surface area contributed by atoms with Gasteiger partial charge in [0.1, 0.15) is 0 Å². The van der Waals surface area contributed by atoms with Gasteiger partial charge in [0.2, 0.25) is 11.7 Å². The van der Waals surface area contributed by atoms with Crippen LogP contribution in [0.4, 0.5) is 70.2 Å². The van der Waals surface area contributed by atoms with Crippen LogP contribution in [-0.4, -0.2) is 61.2 Å². The highest BCUT2D eigenvalue weighted by molar-refractivity contribution is 5.81. The van der Waals surface area contributed by atoms with E-state index in [2.05, 4.69) is 9.47 Å². The molecule has 0 saturated heterocycles. The summed E-state index contributed by atoms with van der Waals surface area (Å²) >= 11 is 0. The first-order valence-electron chi connectivity index (χ1n) is 6.87. The summed E-state index contributed by atoms with van der Waals surface area (Å²) in [7, 11) is 0. The summed E-state index contributed by atoms with van der Waals surface area (Å²) in [5.41, 5.74) is 0.